The van der Waals surface area contributed by atoms with Gasteiger partial charge in [-0.15, -0.1) is 0 Å². The molecule has 2 saturated heterocycles. The summed E-state index contributed by atoms with van der Waals surface area (Å²) in [5.41, 5.74) is 0.492. The summed E-state index contributed by atoms with van der Waals surface area (Å²) in [6, 6.07) is 16.3. The lowest BCUT2D eigenvalue weighted by molar-refractivity contribution is -0.141. The zero-order chi connectivity index (χ0) is 27.9. The first-order valence-corrected chi connectivity index (χ1v) is 14.4. The van der Waals surface area contributed by atoms with E-state index in [1.54, 1.807) is 36.3 Å². The van der Waals surface area contributed by atoms with Gasteiger partial charge in [0.2, 0.25) is 17.7 Å². The lowest BCUT2D eigenvalue weighted by Gasteiger charge is -2.36. The van der Waals surface area contributed by atoms with E-state index in [4.69, 9.17) is 9.47 Å². The van der Waals surface area contributed by atoms with Crippen molar-refractivity contribution in [2.45, 2.75) is 62.8 Å². The van der Waals surface area contributed by atoms with E-state index < -0.39 is 29.6 Å². The molecule has 3 aliphatic heterocycles. The van der Waals surface area contributed by atoms with Crippen LogP contribution in [0.2, 0.25) is 0 Å². The van der Waals surface area contributed by atoms with Crippen LogP contribution >= 0.6 is 0 Å². The summed E-state index contributed by atoms with van der Waals surface area (Å²) in [5.74, 6) is -1.22. The highest BCUT2D eigenvalue weighted by Gasteiger charge is 2.72. The van der Waals surface area contributed by atoms with Crippen molar-refractivity contribution < 1.29 is 23.9 Å². The summed E-state index contributed by atoms with van der Waals surface area (Å²) in [6.07, 6.45) is 8.00. The van der Waals surface area contributed by atoms with Crippen molar-refractivity contribution in [1.82, 2.24) is 10.2 Å². The second-order valence-electron chi connectivity index (χ2n) is 11.6. The largest absolute Gasteiger partial charge is 0.497 e. The van der Waals surface area contributed by atoms with Crippen LogP contribution in [-0.4, -0.2) is 60.1 Å². The quantitative estimate of drug-likeness (QED) is 0.495. The fourth-order valence-electron chi connectivity index (χ4n) is 7.12. The Balaban J connectivity index is 1.29. The molecule has 210 valence electrons. The van der Waals surface area contributed by atoms with E-state index in [1.807, 2.05) is 42.5 Å². The number of amides is 3. The molecule has 40 heavy (non-hydrogen) atoms. The van der Waals surface area contributed by atoms with Crippen LogP contribution in [0, 0.1) is 17.8 Å². The average Bonchev–Trinajstić information content (AvgIpc) is 3.61. The molecule has 1 saturated carbocycles. The molecule has 4 aliphatic rings. The van der Waals surface area contributed by atoms with Crippen molar-refractivity contribution in [2.24, 2.45) is 17.8 Å². The van der Waals surface area contributed by atoms with Gasteiger partial charge in [0.05, 0.1) is 25.0 Å². The maximum Gasteiger partial charge on any atom is 0.246 e. The Morgan fingerprint density at radius 2 is 1.88 bits per heavy atom. The van der Waals surface area contributed by atoms with Crippen molar-refractivity contribution in [3.8, 4) is 5.75 Å². The van der Waals surface area contributed by atoms with Gasteiger partial charge in [0.25, 0.3) is 0 Å². The van der Waals surface area contributed by atoms with Gasteiger partial charge < -0.3 is 25.0 Å². The molecule has 3 amide bonds. The summed E-state index contributed by atoms with van der Waals surface area (Å²) in [4.78, 5) is 43.6. The molecule has 3 heterocycles. The number of hydrogen-bond acceptors (Lipinski definition) is 5. The molecule has 1 aliphatic carbocycles. The summed E-state index contributed by atoms with van der Waals surface area (Å²) in [7, 11) is 1.57. The third kappa shape index (κ3) is 4.58. The Morgan fingerprint density at radius 1 is 1.07 bits per heavy atom. The van der Waals surface area contributed by atoms with Gasteiger partial charge in [-0.1, -0.05) is 68.3 Å². The summed E-state index contributed by atoms with van der Waals surface area (Å²) in [6.45, 7) is 2.54. The van der Waals surface area contributed by atoms with Crippen LogP contribution in [0.1, 0.15) is 38.2 Å². The van der Waals surface area contributed by atoms with Gasteiger partial charge in [-0.2, -0.15) is 0 Å². The predicted octanol–water partition coefficient (Wildman–Crippen LogP) is 3.72. The van der Waals surface area contributed by atoms with Crippen LogP contribution in [0.5, 0.6) is 5.75 Å². The molecule has 2 N–H and O–H groups in total. The number of benzene rings is 2. The molecule has 2 aromatic carbocycles. The van der Waals surface area contributed by atoms with Crippen molar-refractivity contribution >= 4 is 23.4 Å². The highest BCUT2D eigenvalue weighted by Crippen LogP contribution is 2.55. The van der Waals surface area contributed by atoms with Crippen LogP contribution in [-0.2, 0) is 25.5 Å². The van der Waals surface area contributed by atoms with E-state index >= 15 is 0 Å². The van der Waals surface area contributed by atoms with E-state index in [0.717, 1.165) is 24.8 Å². The molecular formula is C32H37N3O5. The first kappa shape index (κ1) is 26.6. The predicted molar refractivity (Wildman–Crippen MR) is 151 cm³/mol. The number of likely N-dealkylation sites (tertiary alicyclic amines) is 1. The molecule has 1 spiro atoms. The van der Waals surface area contributed by atoms with Gasteiger partial charge in [0, 0.05) is 24.3 Å². The molecule has 8 heteroatoms. The maximum atomic E-state index is 14.2. The summed E-state index contributed by atoms with van der Waals surface area (Å²) in [5, 5.41) is 6.24. The normalized spacial score (nSPS) is 32.1. The number of nitrogens with zero attached hydrogens (tertiary/aromatic N) is 1. The number of rotatable bonds is 8. The number of carbonyl (C=O) groups excluding carboxylic acids is 3. The minimum absolute atomic E-state index is 0.0671. The molecule has 6 rings (SSSR count). The molecule has 8 nitrogen and oxygen atoms in total. The van der Waals surface area contributed by atoms with Crippen LogP contribution in [0.4, 0.5) is 5.69 Å². The Kier molecular flexibility index (Phi) is 7.13. The Bertz CT molecular complexity index is 1310. The molecule has 7 atom stereocenters. The number of ether oxygens (including phenoxy) is 2. The van der Waals surface area contributed by atoms with Crippen molar-refractivity contribution in [1.29, 1.82) is 0 Å². The third-order valence-electron chi connectivity index (χ3n) is 9.19. The maximum absolute atomic E-state index is 14.2. The summed E-state index contributed by atoms with van der Waals surface area (Å²) < 4.78 is 11.8. The number of carbonyl (C=O) groups is 3. The molecule has 2 bridgehead atoms. The molecule has 0 aromatic heterocycles. The fourth-order valence-corrected chi connectivity index (χ4v) is 7.12. The Hall–Kier alpha value is -3.65. The van der Waals surface area contributed by atoms with Crippen molar-refractivity contribution in [3.63, 3.8) is 0 Å². The monoisotopic (exact) mass is 543 g/mol. The Morgan fingerprint density at radius 3 is 2.65 bits per heavy atom. The topological polar surface area (TPSA) is 97.0 Å². The first-order valence-electron chi connectivity index (χ1n) is 14.4. The molecule has 2 aromatic rings. The second kappa shape index (κ2) is 10.7. The van der Waals surface area contributed by atoms with Crippen LogP contribution in [0.15, 0.2) is 66.7 Å². The van der Waals surface area contributed by atoms with E-state index in [9.17, 15) is 14.4 Å². The van der Waals surface area contributed by atoms with Gasteiger partial charge in [-0.3, -0.25) is 14.4 Å². The third-order valence-corrected chi connectivity index (χ3v) is 9.19. The van der Waals surface area contributed by atoms with E-state index in [2.05, 4.69) is 17.6 Å². The lowest BCUT2D eigenvalue weighted by Crippen LogP contribution is -2.57. The van der Waals surface area contributed by atoms with E-state index in [-0.39, 0.29) is 23.8 Å². The van der Waals surface area contributed by atoms with Crippen molar-refractivity contribution in [3.05, 3.63) is 72.3 Å². The average molecular weight is 544 g/mol. The SMILES string of the molecule is COc1cccc(NC(=O)C2[C@H]3C=CC4(O3)C(C(=O)NC3CCCCC3C)N(CCc3ccccc3)C(=O)[C@@H]24)c1. The summed E-state index contributed by atoms with van der Waals surface area (Å²) >= 11 is 0. The van der Waals surface area contributed by atoms with Gasteiger partial charge in [-0.25, -0.2) is 0 Å². The van der Waals surface area contributed by atoms with Gasteiger partial charge in [-0.05, 0) is 42.9 Å². The van der Waals surface area contributed by atoms with Crippen LogP contribution in [0.3, 0.4) is 0 Å². The van der Waals surface area contributed by atoms with Gasteiger partial charge >= 0.3 is 0 Å². The fraction of sp³-hybridized carbons (Fsp3) is 0.469. The number of methoxy groups -OCH3 is 1. The zero-order valence-electron chi connectivity index (χ0n) is 23.0. The minimum atomic E-state index is -1.17. The zero-order valence-corrected chi connectivity index (χ0v) is 23.0. The van der Waals surface area contributed by atoms with Crippen LogP contribution < -0.4 is 15.4 Å². The molecule has 0 radical (unpaired) electrons. The standard InChI is InChI=1S/C32H37N3O5/c1-20-9-6-7-14-24(20)34-30(37)28-32-17-15-25(40-32)26(29(36)33-22-12-8-13-23(19-22)39-2)27(32)31(38)35(28)18-16-21-10-4-3-5-11-21/h3-5,8,10-13,15,17,19-20,24-28H,6-7,9,14,16,18H2,1-2H3,(H,33,36)(H,34,37)/t20?,24?,25-,26?,27-,28?,32?/m1/s1. The number of hydrogen-bond donors (Lipinski definition) is 2. The molecule has 5 unspecified atom stereocenters. The minimum Gasteiger partial charge on any atom is -0.497 e. The smallest absolute Gasteiger partial charge is 0.246 e. The number of fused-ring (bicyclic) bond motifs is 1. The number of nitrogens with one attached hydrogen (secondary N) is 2. The van der Waals surface area contributed by atoms with Gasteiger partial charge in [0.1, 0.15) is 17.4 Å². The highest BCUT2D eigenvalue weighted by atomic mass is 16.5. The van der Waals surface area contributed by atoms with E-state index in [0.29, 0.717) is 30.3 Å². The van der Waals surface area contributed by atoms with E-state index in [1.165, 1.54) is 6.42 Å². The lowest BCUT2D eigenvalue weighted by atomic mass is 9.74. The Labute approximate surface area is 235 Å². The molecular weight excluding hydrogens is 506 g/mol. The van der Waals surface area contributed by atoms with Gasteiger partial charge in [0.15, 0.2) is 0 Å². The number of anilines is 1. The van der Waals surface area contributed by atoms with Crippen molar-refractivity contribution in [2.75, 3.05) is 19.0 Å². The highest BCUT2D eigenvalue weighted by molar-refractivity contribution is 6.02. The molecule has 3 fully saturated rings. The van der Waals surface area contributed by atoms with Crippen LogP contribution in [0.25, 0.3) is 0 Å². The second-order valence-corrected chi connectivity index (χ2v) is 11.6. The first-order chi connectivity index (χ1) is 19.4.